The Balaban J connectivity index is 2.67. The summed E-state index contributed by atoms with van der Waals surface area (Å²) in [6.07, 6.45) is 0. The molecule has 1 aromatic carbocycles. The van der Waals surface area contributed by atoms with Gasteiger partial charge in [0.15, 0.2) is 0 Å². The first-order chi connectivity index (χ1) is 7.71. The Morgan fingerprint density at radius 1 is 1.25 bits per heavy atom. The average Bonchev–Trinajstić information content (AvgIpc) is 2.35. The molecule has 0 radical (unpaired) electrons. The summed E-state index contributed by atoms with van der Waals surface area (Å²) in [5.74, 6) is 0. The third-order valence-electron chi connectivity index (χ3n) is 2.49. The van der Waals surface area contributed by atoms with Gasteiger partial charge in [0.05, 0.1) is 6.61 Å². The lowest BCUT2D eigenvalue weighted by atomic mass is 10.1. The number of aliphatic hydroxyl groups is 1. The van der Waals surface area contributed by atoms with Crippen LogP contribution in [0.5, 0.6) is 0 Å². The standard InChI is InChI=1S/C12H17I2NO/c1-9(8-16)15-7-10-2-3-11(5-13)12(4-10)6-14/h2-4,9,15-16H,5-8H2,1H3. The average molecular weight is 445 g/mol. The smallest absolute Gasteiger partial charge is 0.0582 e. The zero-order valence-corrected chi connectivity index (χ0v) is 13.7. The fourth-order valence-electron chi connectivity index (χ4n) is 1.40. The van der Waals surface area contributed by atoms with Crippen LogP contribution in [-0.4, -0.2) is 17.8 Å². The van der Waals surface area contributed by atoms with Crippen LogP contribution < -0.4 is 5.32 Å². The van der Waals surface area contributed by atoms with Crippen LogP contribution in [0.4, 0.5) is 0 Å². The fourth-order valence-corrected chi connectivity index (χ4v) is 2.85. The molecule has 0 aromatic heterocycles. The van der Waals surface area contributed by atoms with Gasteiger partial charge in [-0.05, 0) is 23.6 Å². The second-order valence-corrected chi connectivity index (χ2v) is 5.36. The van der Waals surface area contributed by atoms with E-state index in [1.807, 2.05) is 6.92 Å². The summed E-state index contributed by atoms with van der Waals surface area (Å²) in [5, 5.41) is 12.2. The molecular weight excluding hydrogens is 428 g/mol. The van der Waals surface area contributed by atoms with Gasteiger partial charge in [0, 0.05) is 21.4 Å². The number of alkyl halides is 2. The minimum atomic E-state index is 0.160. The molecule has 0 aliphatic carbocycles. The third-order valence-corrected chi connectivity index (χ3v) is 4.13. The Morgan fingerprint density at radius 3 is 2.50 bits per heavy atom. The molecule has 0 spiro atoms. The van der Waals surface area contributed by atoms with Gasteiger partial charge in [-0.2, -0.15) is 0 Å². The first-order valence-electron chi connectivity index (χ1n) is 5.28. The van der Waals surface area contributed by atoms with Crippen LogP contribution >= 0.6 is 45.2 Å². The van der Waals surface area contributed by atoms with Crippen LogP contribution in [0.2, 0.25) is 0 Å². The normalized spacial score (nSPS) is 12.8. The van der Waals surface area contributed by atoms with Crippen molar-refractivity contribution in [2.45, 2.75) is 28.4 Å². The molecule has 16 heavy (non-hydrogen) atoms. The topological polar surface area (TPSA) is 32.3 Å². The molecule has 0 amide bonds. The van der Waals surface area contributed by atoms with Crippen LogP contribution in [0.25, 0.3) is 0 Å². The van der Waals surface area contributed by atoms with Crippen molar-refractivity contribution in [3.05, 3.63) is 34.9 Å². The summed E-state index contributed by atoms with van der Waals surface area (Å²) in [6, 6.07) is 6.80. The molecule has 90 valence electrons. The van der Waals surface area contributed by atoms with E-state index in [-0.39, 0.29) is 12.6 Å². The van der Waals surface area contributed by atoms with Crippen molar-refractivity contribution in [2.24, 2.45) is 0 Å². The molecule has 0 bridgehead atoms. The molecule has 0 aliphatic heterocycles. The van der Waals surface area contributed by atoms with E-state index in [4.69, 9.17) is 5.11 Å². The van der Waals surface area contributed by atoms with Crippen LogP contribution in [0.1, 0.15) is 23.6 Å². The second-order valence-electron chi connectivity index (χ2n) is 3.83. The van der Waals surface area contributed by atoms with Crippen LogP contribution in [0.3, 0.4) is 0 Å². The highest BCUT2D eigenvalue weighted by Crippen LogP contribution is 2.18. The van der Waals surface area contributed by atoms with E-state index in [0.717, 1.165) is 15.4 Å². The number of hydrogen-bond donors (Lipinski definition) is 2. The first kappa shape index (κ1) is 14.7. The quantitative estimate of drug-likeness (QED) is 0.522. The van der Waals surface area contributed by atoms with Crippen LogP contribution in [0.15, 0.2) is 18.2 Å². The number of hydrogen-bond acceptors (Lipinski definition) is 2. The SMILES string of the molecule is CC(CO)NCc1ccc(CI)c(CI)c1. The highest BCUT2D eigenvalue weighted by atomic mass is 127. The molecule has 1 atom stereocenters. The van der Waals surface area contributed by atoms with E-state index in [2.05, 4.69) is 68.7 Å². The molecule has 0 fully saturated rings. The van der Waals surface area contributed by atoms with Gasteiger partial charge in [0.25, 0.3) is 0 Å². The van der Waals surface area contributed by atoms with Gasteiger partial charge >= 0.3 is 0 Å². The van der Waals surface area contributed by atoms with E-state index in [1.54, 1.807) is 0 Å². The first-order valence-corrected chi connectivity index (χ1v) is 8.33. The molecule has 1 aromatic rings. The molecule has 1 unspecified atom stereocenters. The van der Waals surface area contributed by atoms with Gasteiger partial charge in [0.2, 0.25) is 0 Å². The van der Waals surface area contributed by atoms with Gasteiger partial charge < -0.3 is 10.4 Å². The summed E-state index contributed by atoms with van der Waals surface area (Å²) in [4.78, 5) is 0. The largest absolute Gasteiger partial charge is 0.395 e. The predicted octanol–water partition coefficient (Wildman–Crippen LogP) is 3.03. The van der Waals surface area contributed by atoms with Crippen molar-refractivity contribution < 1.29 is 5.11 Å². The molecule has 4 heteroatoms. The summed E-state index contributed by atoms with van der Waals surface area (Å²) < 4.78 is 2.12. The number of rotatable bonds is 6. The van der Waals surface area contributed by atoms with Gasteiger partial charge in [-0.15, -0.1) is 0 Å². The molecule has 0 saturated heterocycles. The maximum absolute atomic E-state index is 8.93. The molecule has 0 heterocycles. The number of nitrogens with one attached hydrogen (secondary N) is 1. The maximum atomic E-state index is 8.93. The third kappa shape index (κ3) is 4.46. The van der Waals surface area contributed by atoms with Crippen molar-refractivity contribution >= 4 is 45.2 Å². The summed E-state index contributed by atoms with van der Waals surface area (Å²) >= 11 is 4.80. The van der Waals surface area contributed by atoms with Gasteiger partial charge in [0.1, 0.15) is 0 Å². The van der Waals surface area contributed by atoms with Crippen LogP contribution in [-0.2, 0) is 15.4 Å². The minimum absolute atomic E-state index is 0.160. The van der Waals surface area contributed by atoms with Crippen molar-refractivity contribution in [3.8, 4) is 0 Å². The van der Waals surface area contributed by atoms with Crippen molar-refractivity contribution in [1.82, 2.24) is 5.32 Å². The maximum Gasteiger partial charge on any atom is 0.0582 e. The van der Waals surface area contributed by atoms with E-state index in [1.165, 1.54) is 16.7 Å². The molecule has 0 aliphatic rings. The lowest BCUT2D eigenvalue weighted by molar-refractivity contribution is 0.251. The minimum Gasteiger partial charge on any atom is -0.395 e. The van der Waals surface area contributed by atoms with Crippen molar-refractivity contribution in [2.75, 3.05) is 6.61 Å². The van der Waals surface area contributed by atoms with Gasteiger partial charge in [-0.3, -0.25) is 0 Å². The van der Waals surface area contributed by atoms with Crippen LogP contribution in [0, 0.1) is 0 Å². The number of benzene rings is 1. The van der Waals surface area contributed by atoms with E-state index in [0.29, 0.717) is 0 Å². The lowest BCUT2D eigenvalue weighted by Gasteiger charge is -2.12. The highest BCUT2D eigenvalue weighted by molar-refractivity contribution is 14.1. The molecule has 2 nitrogen and oxygen atoms in total. The molecule has 2 N–H and O–H groups in total. The Hall–Kier alpha value is 0.600. The number of halogens is 2. The molecule has 0 saturated carbocycles. The fraction of sp³-hybridized carbons (Fsp3) is 0.500. The van der Waals surface area contributed by atoms with Crippen molar-refractivity contribution in [1.29, 1.82) is 0 Å². The summed E-state index contributed by atoms with van der Waals surface area (Å²) in [5.41, 5.74) is 4.14. The number of aliphatic hydroxyl groups excluding tert-OH is 1. The Labute approximate surface area is 124 Å². The molecule has 1 rings (SSSR count). The van der Waals surface area contributed by atoms with E-state index < -0.39 is 0 Å². The Bertz CT molecular complexity index is 331. The van der Waals surface area contributed by atoms with Gasteiger partial charge in [-0.1, -0.05) is 63.4 Å². The zero-order chi connectivity index (χ0) is 12.0. The monoisotopic (exact) mass is 445 g/mol. The van der Waals surface area contributed by atoms with E-state index in [9.17, 15) is 0 Å². The predicted molar refractivity (Wildman–Crippen MR) is 85.3 cm³/mol. The summed E-state index contributed by atoms with van der Waals surface area (Å²) in [7, 11) is 0. The highest BCUT2D eigenvalue weighted by Gasteiger charge is 2.03. The Morgan fingerprint density at radius 2 is 1.94 bits per heavy atom. The zero-order valence-electron chi connectivity index (χ0n) is 9.34. The Kier molecular flexibility index (Phi) is 7.18. The molecular formula is C12H17I2NO. The second kappa shape index (κ2) is 7.84. The van der Waals surface area contributed by atoms with Crippen molar-refractivity contribution in [3.63, 3.8) is 0 Å². The van der Waals surface area contributed by atoms with Gasteiger partial charge in [-0.25, -0.2) is 0 Å². The van der Waals surface area contributed by atoms with E-state index >= 15 is 0 Å². The summed E-state index contributed by atoms with van der Waals surface area (Å²) in [6.45, 7) is 3.00. The lowest BCUT2D eigenvalue weighted by Crippen LogP contribution is -2.28.